The normalized spacial score (nSPS) is 16.0. The van der Waals surface area contributed by atoms with Gasteiger partial charge in [-0.2, -0.15) is 0 Å². The summed E-state index contributed by atoms with van der Waals surface area (Å²) >= 11 is 0.499. The molecule has 1 aliphatic carbocycles. The van der Waals surface area contributed by atoms with Crippen LogP contribution in [-0.2, 0) is 11.3 Å². The molecule has 1 heterocycles. The van der Waals surface area contributed by atoms with E-state index in [-0.39, 0.29) is 24.1 Å². The number of benzene rings is 1. The third-order valence-electron chi connectivity index (χ3n) is 5.16. The van der Waals surface area contributed by atoms with Crippen molar-refractivity contribution in [2.45, 2.75) is 72.6 Å². The Hall–Kier alpha value is -2.80. The van der Waals surface area contributed by atoms with Gasteiger partial charge in [-0.25, -0.2) is 9.19 Å². The van der Waals surface area contributed by atoms with Gasteiger partial charge in [0.2, 0.25) is 5.95 Å². The van der Waals surface area contributed by atoms with Gasteiger partial charge in [0.25, 0.3) is 0 Å². The SMILES string of the molecule is CC1=CC(=S=O)C(c2nnc(N(C(C)C)C(C)C)nc2-c2ccc(OC(C)C)cc2)C=C1. The van der Waals surface area contributed by atoms with Gasteiger partial charge < -0.3 is 9.64 Å². The standard InChI is InChI=1S/C25H32N4O2S/c1-15(2)29(16(3)4)25-26-23(19-9-11-20(12-10-19)31-17(5)6)24(27-28-25)21-13-8-18(7)14-22(21)32-30/h8-17,21H,1-7H3. The second-order valence-electron chi connectivity index (χ2n) is 8.84. The molecule has 0 amide bonds. The second-order valence-corrected chi connectivity index (χ2v) is 9.48. The van der Waals surface area contributed by atoms with Crippen LogP contribution in [0.3, 0.4) is 0 Å². The molecule has 0 spiro atoms. The van der Waals surface area contributed by atoms with E-state index in [0.29, 0.717) is 27.8 Å². The molecular formula is C25H32N4O2S. The highest BCUT2D eigenvalue weighted by atomic mass is 32.1. The highest BCUT2D eigenvalue weighted by Gasteiger charge is 2.26. The van der Waals surface area contributed by atoms with Crippen LogP contribution in [0, 0.1) is 0 Å². The average molecular weight is 453 g/mol. The van der Waals surface area contributed by atoms with Gasteiger partial charge in [-0.3, -0.25) is 0 Å². The first-order valence-electron chi connectivity index (χ1n) is 11.0. The Balaban J connectivity index is 2.15. The van der Waals surface area contributed by atoms with Crippen molar-refractivity contribution in [2.24, 2.45) is 0 Å². The van der Waals surface area contributed by atoms with Gasteiger partial charge in [-0.1, -0.05) is 17.7 Å². The van der Waals surface area contributed by atoms with Crippen LogP contribution in [0.5, 0.6) is 5.75 Å². The number of anilines is 1. The zero-order valence-corrected chi connectivity index (χ0v) is 20.7. The number of nitrogens with zero attached hydrogens (tertiary/aromatic N) is 4. The molecule has 1 atom stereocenters. The summed E-state index contributed by atoms with van der Waals surface area (Å²) in [6.45, 7) is 14.5. The minimum Gasteiger partial charge on any atom is -0.491 e. The molecule has 1 aliphatic rings. The fraction of sp³-hybridized carbons (Fsp3) is 0.440. The fourth-order valence-electron chi connectivity index (χ4n) is 3.89. The van der Waals surface area contributed by atoms with E-state index >= 15 is 0 Å². The summed E-state index contributed by atoms with van der Waals surface area (Å²) < 4.78 is 17.7. The minimum absolute atomic E-state index is 0.100. The second kappa shape index (κ2) is 10.2. The number of rotatable bonds is 7. The van der Waals surface area contributed by atoms with E-state index in [1.54, 1.807) is 0 Å². The molecule has 170 valence electrons. The number of hydrogen-bond donors (Lipinski definition) is 0. The zero-order chi connectivity index (χ0) is 23.4. The summed E-state index contributed by atoms with van der Waals surface area (Å²) in [4.78, 5) is 7.81. The van der Waals surface area contributed by atoms with Crippen LogP contribution >= 0.6 is 0 Å². The fourth-order valence-corrected chi connectivity index (χ4v) is 4.41. The third-order valence-corrected chi connectivity index (χ3v) is 5.73. The van der Waals surface area contributed by atoms with Crippen LogP contribution in [0.15, 0.2) is 48.1 Å². The molecule has 0 fully saturated rings. The molecule has 32 heavy (non-hydrogen) atoms. The van der Waals surface area contributed by atoms with E-state index in [9.17, 15) is 4.21 Å². The Morgan fingerprint density at radius 1 is 1.00 bits per heavy atom. The molecule has 6 nitrogen and oxygen atoms in total. The Morgan fingerprint density at radius 2 is 1.66 bits per heavy atom. The van der Waals surface area contributed by atoms with Crippen molar-refractivity contribution in [1.82, 2.24) is 15.2 Å². The summed E-state index contributed by atoms with van der Waals surface area (Å²) in [6.07, 6.45) is 6.03. The predicted molar refractivity (Wildman–Crippen MR) is 133 cm³/mol. The lowest BCUT2D eigenvalue weighted by Crippen LogP contribution is -2.38. The molecule has 0 saturated carbocycles. The van der Waals surface area contributed by atoms with Crippen molar-refractivity contribution in [3.63, 3.8) is 0 Å². The number of ether oxygens (including phenoxy) is 1. The van der Waals surface area contributed by atoms with E-state index in [1.807, 2.05) is 63.3 Å². The molecule has 0 saturated heterocycles. The molecule has 0 N–H and O–H groups in total. The maximum atomic E-state index is 11.9. The van der Waals surface area contributed by atoms with Crippen LogP contribution in [-0.4, -0.2) is 42.4 Å². The first-order chi connectivity index (χ1) is 15.2. The molecular weight excluding hydrogens is 420 g/mol. The molecule has 3 rings (SSSR count). The van der Waals surface area contributed by atoms with Crippen LogP contribution in [0.4, 0.5) is 5.95 Å². The van der Waals surface area contributed by atoms with Crippen LogP contribution in [0.25, 0.3) is 11.3 Å². The average Bonchev–Trinajstić information content (AvgIpc) is 2.73. The van der Waals surface area contributed by atoms with Gasteiger partial charge in [0, 0.05) is 17.6 Å². The molecule has 1 aromatic carbocycles. The molecule has 2 aromatic rings. The Labute approximate surface area is 194 Å². The van der Waals surface area contributed by atoms with Crippen LogP contribution < -0.4 is 9.64 Å². The lowest BCUT2D eigenvalue weighted by atomic mass is 9.91. The summed E-state index contributed by atoms with van der Waals surface area (Å²) in [5.41, 5.74) is 3.36. The van der Waals surface area contributed by atoms with Crippen molar-refractivity contribution < 1.29 is 8.95 Å². The topological polar surface area (TPSA) is 68.2 Å². The van der Waals surface area contributed by atoms with E-state index < -0.39 is 0 Å². The molecule has 0 bridgehead atoms. The lowest BCUT2D eigenvalue weighted by molar-refractivity contribution is 0.242. The van der Waals surface area contributed by atoms with Gasteiger partial charge in [-0.05, 0) is 78.8 Å². The van der Waals surface area contributed by atoms with Crippen molar-refractivity contribution >= 4 is 22.1 Å². The van der Waals surface area contributed by atoms with Gasteiger partial charge in [0.05, 0.1) is 33.8 Å². The first kappa shape index (κ1) is 23.9. The summed E-state index contributed by atoms with van der Waals surface area (Å²) in [5, 5.41) is 9.11. The largest absolute Gasteiger partial charge is 0.491 e. The smallest absolute Gasteiger partial charge is 0.246 e. The van der Waals surface area contributed by atoms with Gasteiger partial charge in [-0.15, -0.1) is 10.2 Å². The third kappa shape index (κ3) is 5.33. The lowest BCUT2D eigenvalue weighted by Gasteiger charge is -2.31. The molecule has 7 heteroatoms. The van der Waals surface area contributed by atoms with E-state index in [2.05, 4.69) is 42.8 Å². The molecule has 0 radical (unpaired) electrons. The summed E-state index contributed by atoms with van der Waals surface area (Å²) in [6, 6.07) is 8.30. The summed E-state index contributed by atoms with van der Waals surface area (Å²) in [5.74, 6) is 1.11. The Kier molecular flexibility index (Phi) is 7.61. The van der Waals surface area contributed by atoms with Crippen LogP contribution in [0.1, 0.15) is 60.1 Å². The maximum Gasteiger partial charge on any atom is 0.246 e. The zero-order valence-electron chi connectivity index (χ0n) is 19.9. The highest BCUT2D eigenvalue weighted by Crippen LogP contribution is 2.32. The van der Waals surface area contributed by atoms with Crippen molar-refractivity contribution in [1.29, 1.82) is 0 Å². The van der Waals surface area contributed by atoms with E-state index in [4.69, 9.17) is 9.72 Å². The Bertz CT molecular complexity index is 1060. The minimum atomic E-state index is -0.275. The van der Waals surface area contributed by atoms with E-state index in [1.165, 1.54) is 0 Å². The quantitative estimate of drug-likeness (QED) is 0.555. The monoisotopic (exact) mass is 452 g/mol. The Morgan fingerprint density at radius 3 is 2.22 bits per heavy atom. The van der Waals surface area contributed by atoms with Gasteiger partial charge >= 0.3 is 0 Å². The van der Waals surface area contributed by atoms with E-state index in [0.717, 1.165) is 22.6 Å². The number of aromatic nitrogens is 3. The van der Waals surface area contributed by atoms with Crippen molar-refractivity contribution in [3.05, 3.63) is 53.8 Å². The summed E-state index contributed by atoms with van der Waals surface area (Å²) in [7, 11) is 0. The van der Waals surface area contributed by atoms with Crippen molar-refractivity contribution in [3.8, 4) is 17.0 Å². The van der Waals surface area contributed by atoms with Gasteiger partial charge in [0.15, 0.2) is 0 Å². The molecule has 1 aromatic heterocycles. The molecule has 0 aliphatic heterocycles. The molecule has 1 unspecified atom stereocenters. The number of hydrogen-bond acceptors (Lipinski definition) is 6. The maximum absolute atomic E-state index is 11.9. The number of allylic oxidation sites excluding steroid dienone is 4. The van der Waals surface area contributed by atoms with Gasteiger partial charge in [0.1, 0.15) is 11.4 Å². The first-order valence-corrected chi connectivity index (χ1v) is 11.8. The van der Waals surface area contributed by atoms with Crippen LogP contribution in [0.2, 0.25) is 0 Å². The predicted octanol–water partition coefficient (Wildman–Crippen LogP) is 4.93. The highest BCUT2D eigenvalue weighted by molar-refractivity contribution is 7.67. The van der Waals surface area contributed by atoms with Crippen molar-refractivity contribution in [2.75, 3.05) is 4.90 Å².